The summed E-state index contributed by atoms with van der Waals surface area (Å²) in [5.41, 5.74) is 7.55. The van der Waals surface area contributed by atoms with E-state index in [2.05, 4.69) is 4.98 Å². The van der Waals surface area contributed by atoms with Crippen molar-refractivity contribution in [2.75, 3.05) is 0 Å². The van der Waals surface area contributed by atoms with Gasteiger partial charge in [0.25, 0.3) is 0 Å². The monoisotopic (exact) mass is 343 g/mol. The molecule has 0 saturated carbocycles. The number of rotatable bonds is 3. The number of hydrogen-bond donors (Lipinski definition) is 2. The summed E-state index contributed by atoms with van der Waals surface area (Å²) in [7, 11) is 0. The van der Waals surface area contributed by atoms with Gasteiger partial charge < -0.3 is 10.5 Å². The molecule has 0 amide bonds. The quantitative estimate of drug-likeness (QED) is 0.480. The number of aromatic nitrogens is 1. The highest BCUT2D eigenvalue weighted by Crippen LogP contribution is 2.37. The molecule has 1 heterocycles. The molecular weight excluding hydrogens is 333 g/mol. The van der Waals surface area contributed by atoms with E-state index < -0.39 is 0 Å². The van der Waals surface area contributed by atoms with Crippen LogP contribution in [0.2, 0.25) is 15.1 Å². The summed E-state index contributed by atoms with van der Waals surface area (Å²) in [6.45, 7) is 3.65. The molecule has 3 N–H and O–H groups in total. The van der Waals surface area contributed by atoms with Gasteiger partial charge in [0.2, 0.25) is 5.88 Å². The van der Waals surface area contributed by atoms with Gasteiger partial charge in [-0.1, -0.05) is 34.8 Å². The van der Waals surface area contributed by atoms with Gasteiger partial charge in [-0.3, -0.25) is 5.41 Å². The van der Waals surface area contributed by atoms with Crippen LogP contribution in [0.1, 0.15) is 16.8 Å². The molecule has 0 radical (unpaired) electrons. The lowest BCUT2D eigenvalue weighted by Gasteiger charge is -2.14. The maximum atomic E-state index is 7.66. The molecule has 0 fully saturated rings. The number of nitrogens with one attached hydrogen (secondary N) is 1. The average molecular weight is 345 g/mol. The van der Waals surface area contributed by atoms with Crippen LogP contribution >= 0.6 is 34.8 Å². The summed E-state index contributed by atoms with van der Waals surface area (Å²) in [6, 6.07) is 4.80. The van der Waals surface area contributed by atoms with Crippen LogP contribution in [0.25, 0.3) is 0 Å². The largest absolute Gasteiger partial charge is 0.437 e. The van der Waals surface area contributed by atoms with Crippen LogP contribution in [0.15, 0.2) is 18.2 Å². The SMILES string of the molecule is Cc1cc(C)c(C(=N)N)c(Oc2cc(Cl)c(Cl)cc2Cl)n1. The third-order valence-electron chi connectivity index (χ3n) is 2.76. The predicted octanol–water partition coefficient (Wildman–Crippen LogP) is 4.74. The number of halogens is 3. The first-order valence-corrected chi connectivity index (χ1v) is 7.08. The Labute approximate surface area is 137 Å². The number of aryl methyl sites for hydroxylation is 2. The molecule has 2 rings (SSSR count). The summed E-state index contributed by atoms with van der Waals surface area (Å²) >= 11 is 17.9. The Hall–Kier alpha value is -1.49. The highest BCUT2D eigenvalue weighted by molar-refractivity contribution is 6.43. The summed E-state index contributed by atoms with van der Waals surface area (Å²) < 4.78 is 5.69. The summed E-state index contributed by atoms with van der Waals surface area (Å²) in [5.74, 6) is 0.373. The molecule has 0 spiro atoms. The van der Waals surface area contributed by atoms with E-state index in [0.29, 0.717) is 26.4 Å². The lowest BCUT2D eigenvalue weighted by molar-refractivity contribution is 0.460. The zero-order valence-electron chi connectivity index (χ0n) is 11.3. The Bertz CT molecular complexity index is 732. The van der Waals surface area contributed by atoms with Crippen LogP contribution in [0, 0.1) is 19.3 Å². The Morgan fingerprint density at radius 3 is 2.33 bits per heavy atom. The number of nitrogen functional groups attached to an aromatic ring is 1. The molecule has 1 aromatic carbocycles. The topological polar surface area (TPSA) is 72.0 Å². The van der Waals surface area contributed by atoms with Crippen molar-refractivity contribution < 1.29 is 4.74 Å². The third-order valence-corrected chi connectivity index (χ3v) is 3.78. The highest BCUT2D eigenvalue weighted by Gasteiger charge is 2.16. The van der Waals surface area contributed by atoms with E-state index in [0.717, 1.165) is 11.3 Å². The highest BCUT2D eigenvalue weighted by atomic mass is 35.5. The molecule has 0 unspecified atom stereocenters. The lowest BCUT2D eigenvalue weighted by Crippen LogP contribution is -2.15. The van der Waals surface area contributed by atoms with Gasteiger partial charge in [-0.15, -0.1) is 0 Å². The molecule has 21 heavy (non-hydrogen) atoms. The van der Waals surface area contributed by atoms with Gasteiger partial charge in [0.05, 0.1) is 20.6 Å². The van der Waals surface area contributed by atoms with E-state index in [-0.39, 0.29) is 11.7 Å². The number of benzene rings is 1. The second-order valence-electron chi connectivity index (χ2n) is 4.47. The molecule has 4 nitrogen and oxygen atoms in total. The van der Waals surface area contributed by atoms with Gasteiger partial charge in [0.1, 0.15) is 11.6 Å². The van der Waals surface area contributed by atoms with Crippen molar-refractivity contribution in [3.8, 4) is 11.6 Å². The van der Waals surface area contributed by atoms with Gasteiger partial charge in [0, 0.05) is 11.8 Å². The second kappa shape index (κ2) is 6.10. The number of nitrogens with zero attached hydrogens (tertiary/aromatic N) is 1. The smallest absolute Gasteiger partial charge is 0.230 e. The second-order valence-corrected chi connectivity index (χ2v) is 5.69. The van der Waals surface area contributed by atoms with Gasteiger partial charge in [-0.25, -0.2) is 4.98 Å². The van der Waals surface area contributed by atoms with Crippen molar-refractivity contribution in [1.29, 1.82) is 5.41 Å². The third kappa shape index (κ3) is 3.40. The number of amidine groups is 1. The van der Waals surface area contributed by atoms with Crippen LogP contribution in [-0.2, 0) is 0 Å². The normalized spacial score (nSPS) is 10.5. The zero-order valence-corrected chi connectivity index (χ0v) is 13.6. The van der Waals surface area contributed by atoms with E-state index in [9.17, 15) is 0 Å². The van der Waals surface area contributed by atoms with E-state index in [1.54, 1.807) is 0 Å². The molecule has 2 aromatic rings. The first kappa shape index (κ1) is 15.9. The lowest BCUT2D eigenvalue weighted by atomic mass is 10.1. The summed E-state index contributed by atoms with van der Waals surface area (Å²) in [4.78, 5) is 4.27. The molecule has 7 heteroatoms. The number of nitrogens with two attached hydrogens (primary N) is 1. The van der Waals surface area contributed by atoms with Crippen molar-refractivity contribution >= 4 is 40.6 Å². The molecular formula is C14H12Cl3N3O. The number of hydrogen-bond acceptors (Lipinski definition) is 3. The Morgan fingerprint density at radius 1 is 1.10 bits per heavy atom. The Morgan fingerprint density at radius 2 is 1.71 bits per heavy atom. The molecule has 110 valence electrons. The first-order chi connectivity index (χ1) is 9.79. The molecule has 0 aliphatic carbocycles. The molecule has 0 bridgehead atoms. The average Bonchev–Trinajstić information content (AvgIpc) is 2.34. The minimum atomic E-state index is -0.133. The van der Waals surface area contributed by atoms with Gasteiger partial charge >= 0.3 is 0 Å². The standard InChI is InChI=1S/C14H12Cl3N3O/c1-6-3-7(2)20-14(12(6)13(18)19)21-11-5-9(16)8(15)4-10(11)17/h3-5H,1-2H3,(H3,18,19). The van der Waals surface area contributed by atoms with Gasteiger partial charge in [-0.2, -0.15) is 0 Å². The van der Waals surface area contributed by atoms with Crippen LogP contribution in [0.4, 0.5) is 0 Å². The fourth-order valence-electron chi connectivity index (χ4n) is 1.89. The Kier molecular flexibility index (Phi) is 4.61. The zero-order chi connectivity index (χ0) is 15.7. The van der Waals surface area contributed by atoms with E-state index >= 15 is 0 Å². The predicted molar refractivity (Wildman–Crippen MR) is 86.3 cm³/mol. The molecule has 0 atom stereocenters. The Balaban J connectivity index is 2.54. The van der Waals surface area contributed by atoms with Crippen molar-refractivity contribution in [1.82, 2.24) is 4.98 Å². The molecule has 0 aliphatic rings. The van der Waals surface area contributed by atoms with E-state index in [4.69, 9.17) is 50.7 Å². The number of ether oxygens (including phenoxy) is 1. The van der Waals surface area contributed by atoms with Crippen LogP contribution < -0.4 is 10.5 Å². The molecule has 0 saturated heterocycles. The van der Waals surface area contributed by atoms with Crippen molar-refractivity contribution in [2.24, 2.45) is 5.73 Å². The maximum Gasteiger partial charge on any atom is 0.230 e. The number of pyridine rings is 1. The van der Waals surface area contributed by atoms with Crippen LogP contribution in [-0.4, -0.2) is 10.8 Å². The minimum Gasteiger partial charge on any atom is -0.437 e. The summed E-state index contributed by atoms with van der Waals surface area (Å²) in [5, 5.41) is 8.59. The van der Waals surface area contributed by atoms with Crippen molar-refractivity contribution in [3.05, 3.63) is 50.1 Å². The minimum absolute atomic E-state index is 0.133. The fourth-order valence-corrected chi connectivity index (χ4v) is 2.47. The first-order valence-electron chi connectivity index (χ1n) is 5.94. The van der Waals surface area contributed by atoms with Crippen molar-refractivity contribution in [2.45, 2.75) is 13.8 Å². The van der Waals surface area contributed by atoms with Gasteiger partial charge in [-0.05, 0) is 31.5 Å². The summed E-state index contributed by atoms with van der Waals surface area (Å²) in [6.07, 6.45) is 0. The fraction of sp³-hybridized carbons (Fsp3) is 0.143. The van der Waals surface area contributed by atoms with Crippen LogP contribution in [0.3, 0.4) is 0 Å². The van der Waals surface area contributed by atoms with Crippen molar-refractivity contribution in [3.63, 3.8) is 0 Å². The molecule has 1 aromatic heterocycles. The maximum absolute atomic E-state index is 7.66. The van der Waals surface area contributed by atoms with Crippen LogP contribution in [0.5, 0.6) is 11.6 Å². The van der Waals surface area contributed by atoms with E-state index in [1.165, 1.54) is 12.1 Å². The van der Waals surface area contributed by atoms with E-state index in [1.807, 2.05) is 19.9 Å². The molecule has 0 aliphatic heterocycles. The van der Waals surface area contributed by atoms with Gasteiger partial charge in [0.15, 0.2) is 0 Å².